The van der Waals surface area contributed by atoms with E-state index in [9.17, 15) is 13.2 Å². The van der Waals surface area contributed by atoms with Crippen molar-refractivity contribution in [3.8, 4) is 11.4 Å². The molecule has 0 spiro atoms. The first-order valence-corrected chi connectivity index (χ1v) is 10.9. The van der Waals surface area contributed by atoms with E-state index in [2.05, 4.69) is 33.4 Å². The number of ether oxygens (including phenoxy) is 1. The number of hydrogen-bond acceptors (Lipinski definition) is 7. The first kappa shape index (κ1) is 21.9. The van der Waals surface area contributed by atoms with Crippen molar-refractivity contribution in [1.82, 2.24) is 14.9 Å². The van der Waals surface area contributed by atoms with E-state index in [4.69, 9.17) is 16.1 Å². The van der Waals surface area contributed by atoms with E-state index in [1.165, 1.54) is 24.8 Å². The van der Waals surface area contributed by atoms with Gasteiger partial charge in [0.1, 0.15) is 0 Å². The lowest BCUT2D eigenvalue weighted by Crippen LogP contribution is -2.23. The summed E-state index contributed by atoms with van der Waals surface area (Å²) in [4.78, 5) is 15.8. The number of benzene rings is 2. The summed E-state index contributed by atoms with van der Waals surface area (Å²) >= 11 is 5.93. The molecule has 0 saturated carbocycles. The van der Waals surface area contributed by atoms with Gasteiger partial charge in [0.25, 0.3) is 0 Å². The van der Waals surface area contributed by atoms with E-state index in [1.54, 1.807) is 0 Å². The number of hydrogen-bond donors (Lipinski definition) is 1. The number of methoxy groups -OCH3 is 1. The molecule has 1 N–H and O–H groups in total. The molecule has 1 heterocycles. The zero-order valence-corrected chi connectivity index (χ0v) is 18.1. The van der Waals surface area contributed by atoms with Gasteiger partial charge in [-0.1, -0.05) is 54.9 Å². The zero-order chi connectivity index (χ0) is 21.9. The Balaban J connectivity index is 1.73. The summed E-state index contributed by atoms with van der Waals surface area (Å²) in [5, 5.41) is 3.98. The summed E-state index contributed by atoms with van der Waals surface area (Å²) in [5.74, 6) is 0.131. The molecule has 3 aromatic rings. The molecule has 0 fully saturated rings. The smallest absolute Gasteiger partial charge is 0.339 e. The maximum absolute atomic E-state index is 12.6. The molecule has 10 heteroatoms. The number of esters is 1. The minimum Gasteiger partial charge on any atom is -0.465 e. The van der Waals surface area contributed by atoms with Crippen LogP contribution in [0.4, 0.5) is 0 Å². The lowest BCUT2D eigenvalue weighted by molar-refractivity contribution is 0.0600. The lowest BCUT2D eigenvalue weighted by atomic mass is 10.0. The molecule has 0 unspecified atom stereocenters. The van der Waals surface area contributed by atoms with Crippen molar-refractivity contribution < 1.29 is 22.5 Å². The van der Waals surface area contributed by atoms with Gasteiger partial charge in [0.05, 0.1) is 29.1 Å². The van der Waals surface area contributed by atoms with Crippen molar-refractivity contribution >= 4 is 27.6 Å². The average Bonchev–Trinajstić information content (AvgIpc) is 3.21. The summed E-state index contributed by atoms with van der Waals surface area (Å²) in [6.45, 7) is 3.99. The second-order valence-electron chi connectivity index (χ2n) is 6.75. The number of halogens is 1. The molecular weight excluding hydrogens is 430 g/mol. The summed E-state index contributed by atoms with van der Waals surface area (Å²) < 4.78 is 37.2. The van der Waals surface area contributed by atoms with Crippen molar-refractivity contribution in [1.29, 1.82) is 0 Å². The van der Waals surface area contributed by atoms with Crippen LogP contribution in [-0.4, -0.2) is 31.6 Å². The van der Waals surface area contributed by atoms with Crippen molar-refractivity contribution in [2.24, 2.45) is 0 Å². The molecule has 158 valence electrons. The largest absolute Gasteiger partial charge is 0.465 e. The molecular formula is C20H20ClN3O5S. The van der Waals surface area contributed by atoms with Gasteiger partial charge in [-0.15, -0.1) is 0 Å². The van der Waals surface area contributed by atoms with E-state index >= 15 is 0 Å². The molecule has 1 aromatic heterocycles. The fraction of sp³-hybridized carbons (Fsp3) is 0.250. The van der Waals surface area contributed by atoms with Crippen LogP contribution in [0.1, 0.15) is 41.6 Å². The summed E-state index contributed by atoms with van der Waals surface area (Å²) in [5.41, 5.74) is 1.90. The molecule has 0 radical (unpaired) electrons. The number of carbonyl (C=O) groups is 1. The van der Waals surface area contributed by atoms with Gasteiger partial charge in [0.2, 0.25) is 21.7 Å². The molecule has 8 nitrogen and oxygen atoms in total. The number of nitrogens with one attached hydrogen (secondary N) is 1. The third-order valence-electron chi connectivity index (χ3n) is 4.37. The van der Waals surface area contributed by atoms with Crippen molar-refractivity contribution in [2.75, 3.05) is 7.11 Å². The Hall–Kier alpha value is -2.75. The highest BCUT2D eigenvalue weighted by Crippen LogP contribution is 2.22. The second-order valence-corrected chi connectivity index (χ2v) is 8.92. The predicted octanol–water partition coefficient (Wildman–Crippen LogP) is 3.78. The highest BCUT2D eigenvalue weighted by molar-refractivity contribution is 7.89. The molecule has 0 amide bonds. The van der Waals surface area contributed by atoms with Crippen LogP contribution in [0.3, 0.4) is 0 Å². The standard InChI is InChI=1S/C20H20ClN3O5S/c1-12(2)13-4-6-14(7-5-13)19-23-18(29-24-19)11-22-30(26,27)15-8-9-17(21)16(10-15)20(25)28-3/h4-10,12,22H,11H2,1-3H3. The monoisotopic (exact) mass is 449 g/mol. The number of nitrogens with zero attached hydrogens (tertiary/aromatic N) is 2. The number of rotatable bonds is 7. The zero-order valence-electron chi connectivity index (χ0n) is 16.5. The van der Waals surface area contributed by atoms with Gasteiger partial charge in [0.15, 0.2) is 0 Å². The van der Waals surface area contributed by atoms with Crippen molar-refractivity contribution in [2.45, 2.75) is 31.2 Å². The fourth-order valence-electron chi connectivity index (χ4n) is 2.64. The topological polar surface area (TPSA) is 111 Å². The molecule has 30 heavy (non-hydrogen) atoms. The van der Waals surface area contributed by atoms with Crippen molar-refractivity contribution in [3.05, 3.63) is 64.5 Å². The summed E-state index contributed by atoms with van der Waals surface area (Å²) in [6, 6.07) is 11.5. The van der Waals surface area contributed by atoms with E-state index in [0.29, 0.717) is 11.7 Å². The average molecular weight is 450 g/mol. The molecule has 0 bridgehead atoms. The Kier molecular flexibility index (Phi) is 6.55. The van der Waals surface area contributed by atoms with Crippen LogP contribution in [0.5, 0.6) is 0 Å². The Morgan fingerprint density at radius 1 is 1.20 bits per heavy atom. The van der Waals surface area contributed by atoms with Gasteiger partial charge in [-0.25, -0.2) is 17.9 Å². The molecule has 3 rings (SSSR count). The number of carbonyl (C=O) groups excluding carboxylic acids is 1. The maximum atomic E-state index is 12.6. The maximum Gasteiger partial charge on any atom is 0.339 e. The Morgan fingerprint density at radius 3 is 2.53 bits per heavy atom. The fourth-order valence-corrected chi connectivity index (χ4v) is 3.83. The molecule has 0 atom stereocenters. The SMILES string of the molecule is COC(=O)c1cc(S(=O)(=O)NCc2nc(-c3ccc(C(C)C)cc3)no2)ccc1Cl. The summed E-state index contributed by atoms with van der Waals surface area (Å²) in [6.07, 6.45) is 0. The Morgan fingerprint density at radius 2 is 1.90 bits per heavy atom. The van der Waals surface area contributed by atoms with E-state index in [-0.39, 0.29) is 27.9 Å². The molecule has 2 aromatic carbocycles. The highest BCUT2D eigenvalue weighted by Gasteiger charge is 2.20. The quantitative estimate of drug-likeness (QED) is 0.546. The van der Waals surface area contributed by atoms with E-state index in [0.717, 1.165) is 11.6 Å². The van der Waals surface area contributed by atoms with Crippen LogP contribution >= 0.6 is 11.6 Å². The van der Waals surface area contributed by atoms with Crippen LogP contribution in [0.15, 0.2) is 51.9 Å². The minimum absolute atomic E-state index is 0.0491. The molecule has 0 aliphatic heterocycles. The van der Waals surface area contributed by atoms with Crippen LogP contribution in [0, 0.1) is 0 Å². The molecule has 0 saturated heterocycles. The van der Waals surface area contributed by atoms with Gasteiger partial charge >= 0.3 is 5.97 Å². The number of aromatic nitrogens is 2. The van der Waals surface area contributed by atoms with Gasteiger partial charge in [-0.3, -0.25) is 0 Å². The van der Waals surface area contributed by atoms with Gasteiger partial charge in [-0.2, -0.15) is 4.98 Å². The van der Waals surface area contributed by atoms with Crippen LogP contribution < -0.4 is 4.72 Å². The normalized spacial score (nSPS) is 11.6. The van der Waals surface area contributed by atoms with E-state index < -0.39 is 16.0 Å². The van der Waals surface area contributed by atoms with Crippen LogP contribution in [0.2, 0.25) is 5.02 Å². The number of sulfonamides is 1. The third kappa shape index (κ3) is 4.86. The molecule has 0 aliphatic carbocycles. The summed E-state index contributed by atoms with van der Waals surface area (Å²) in [7, 11) is -2.77. The Bertz CT molecular complexity index is 1160. The minimum atomic E-state index is -3.95. The second kappa shape index (κ2) is 8.95. The predicted molar refractivity (Wildman–Crippen MR) is 111 cm³/mol. The highest BCUT2D eigenvalue weighted by atomic mass is 35.5. The van der Waals surface area contributed by atoms with E-state index in [1.807, 2.05) is 24.3 Å². The Labute approximate surface area is 179 Å². The lowest BCUT2D eigenvalue weighted by Gasteiger charge is -2.07. The van der Waals surface area contributed by atoms with Crippen LogP contribution in [-0.2, 0) is 21.3 Å². The first-order valence-electron chi connectivity index (χ1n) is 9.01. The van der Waals surface area contributed by atoms with Gasteiger partial charge in [-0.05, 0) is 29.7 Å². The van der Waals surface area contributed by atoms with Gasteiger partial charge in [0, 0.05) is 5.56 Å². The van der Waals surface area contributed by atoms with Gasteiger partial charge < -0.3 is 9.26 Å². The van der Waals surface area contributed by atoms with Crippen molar-refractivity contribution in [3.63, 3.8) is 0 Å². The first-order chi connectivity index (χ1) is 14.2. The third-order valence-corrected chi connectivity index (χ3v) is 6.10. The van der Waals surface area contributed by atoms with Crippen LogP contribution in [0.25, 0.3) is 11.4 Å². The molecule has 0 aliphatic rings.